The summed E-state index contributed by atoms with van der Waals surface area (Å²) < 4.78 is 20.7. The van der Waals surface area contributed by atoms with Crippen LogP contribution in [0.2, 0.25) is 0 Å². The SMILES string of the molecule is Cc1ccc(Nc2nc(-c3ccc(C(=O)N/N=C\c4cc(Br)c(OCc5cccc(F)c5)c(Br)c4)cc3)cs2)cc1. The lowest BCUT2D eigenvalue weighted by Gasteiger charge is -2.11. The van der Waals surface area contributed by atoms with E-state index in [1.807, 2.05) is 53.9 Å². The van der Waals surface area contributed by atoms with Crippen LogP contribution in [0, 0.1) is 12.7 Å². The molecule has 5 rings (SSSR count). The van der Waals surface area contributed by atoms with Gasteiger partial charge in [-0.3, -0.25) is 4.79 Å². The number of halogens is 3. The van der Waals surface area contributed by atoms with Crippen LogP contribution in [-0.2, 0) is 6.61 Å². The molecule has 0 aliphatic carbocycles. The van der Waals surface area contributed by atoms with Crippen LogP contribution in [0.5, 0.6) is 5.75 Å². The van der Waals surface area contributed by atoms with Crippen LogP contribution in [0.25, 0.3) is 11.3 Å². The highest BCUT2D eigenvalue weighted by molar-refractivity contribution is 9.11. The quantitative estimate of drug-likeness (QED) is 0.119. The van der Waals surface area contributed by atoms with E-state index in [9.17, 15) is 9.18 Å². The zero-order chi connectivity index (χ0) is 28.8. The third-order valence-corrected chi connectivity index (χ3v) is 7.86. The number of carbonyl (C=O) groups excluding carboxylic acids is 1. The maximum atomic E-state index is 13.4. The number of anilines is 2. The zero-order valence-electron chi connectivity index (χ0n) is 21.7. The number of rotatable bonds is 9. The lowest BCUT2D eigenvalue weighted by Crippen LogP contribution is -2.17. The van der Waals surface area contributed by atoms with E-state index in [1.165, 1.54) is 35.2 Å². The number of hydrogen-bond acceptors (Lipinski definition) is 6. The fraction of sp³-hybridized carbons (Fsp3) is 0.0645. The van der Waals surface area contributed by atoms with Gasteiger partial charge in [-0.2, -0.15) is 5.10 Å². The molecule has 1 amide bonds. The second-order valence-corrected chi connectivity index (χ2v) is 11.6. The van der Waals surface area contributed by atoms with Gasteiger partial charge in [-0.15, -0.1) is 11.3 Å². The minimum atomic E-state index is -0.332. The number of amides is 1. The third-order valence-electron chi connectivity index (χ3n) is 5.92. The monoisotopic (exact) mass is 692 g/mol. The van der Waals surface area contributed by atoms with Crippen molar-refractivity contribution in [2.75, 3.05) is 5.32 Å². The van der Waals surface area contributed by atoms with E-state index in [-0.39, 0.29) is 18.3 Å². The topological polar surface area (TPSA) is 75.6 Å². The van der Waals surface area contributed by atoms with E-state index in [2.05, 4.69) is 59.6 Å². The molecule has 6 nitrogen and oxygen atoms in total. The number of hydrogen-bond donors (Lipinski definition) is 2. The first-order chi connectivity index (χ1) is 19.8. The first-order valence-electron chi connectivity index (χ1n) is 12.4. The fourth-order valence-corrected chi connectivity index (χ4v) is 6.01. The summed E-state index contributed by atoms with van der Waals surface area (Å²) in [5.41, 5.74) is 8.40. The van der Waals surface area contributed by atoms with Gasteiger partial charge in [0.25, 0.3) is 5.91 Å². The lowest BCUT2D eigenvalue weighted by molar-refractivity contribution is 0.0955. The largest absolute Gasteiger partial charge is 0.487 e. The Bertz CT molecular complexity index is 1680. The highest BCUT2D eigenvalue weighted by atomic mass is 79.9. The molecule has 0 bridgehead atoms. The number of carbonyl (C=O) groups is 1. The van der Waals surface area contributed by atoms with Gasteiger partial charge < -0.3 is 10.1 Å². The first-order valence-corrected chi connectivity index (χ1v) is 14.9. The molecule has 5 aromatic rings. The van der Waals surface area contributed by atoms with Crippen LogP contribution in [0.3, 0.4) is 0 Å². The Morgan fingerprint density at radius 1 is 1.02 bits per heavy atom. The number of nitrogens with one attached hydrogen (secondary N) is 2. The number of thiazole rings is 1. The molecular formula is C31H23Br2FN4O2S. The van der Waals surface area contributed by atoms with Crippen molar-refractivity contribution in [2.45, 2.75) is 13.5 Å². The summed E-state index contributed by atoms with van der Waals surface area (Å²) in [4.78, 5) is 17.3. The Balaban J connectivity index is 1.16. The van der Waals surface area contributed by atoms with Crippen molar-refractivity contribution in [1.29, 1.82) is 0 Å². The highest BCUT2D eigenvalue weighted by Gasteiger charge is 2.11. The van der Waals surface area contributed by atoms with Crippen LogP contribution in [0.1, 0.15) is 27.0 Å². The van der Waals surface area contributed by atoms with Crippen molar-refractivity contribution < 1.29 is 13.9 Å². The molecule has 0 saturated carbocycles. The Labute approximate surface area is 257 Å². The van der Waals surface area contributed by atoms with Gasteiger partial charge in [-0.25, -0.2) is 14.8 Å². The molecule has 1 aromatic heterocycles. The molecule has 0 aliphatic rings. The van der Waals surface area contributed by atoms with Crippen molar-refractivity contribution in [3.8, 4) is 17.0 Å². The summed E-state index contributed by atoms with van der Waals surface area (Å²) in [5, 5.41) is 10.2. The molecule has 0 spiro atoms. The zero-order valence-corrected chi connectivity index (χ0v) is 25.7. The molecule has 0 radical (unpaired) electrons. The molecule has 0 saturated heterocycles. The van der Waals surface area contributed by atoms with Gasteiger partial charge in [-0.05, 0) is 98.4 Å². The maximum Gasteiger partial charge on any atom is 0.271 e. The van der Waals surface area contributed by atoms with E-state index in [0.29, 0.717) is 20.3 Å². The van der Waals surface area contributed by atoms with E-state index in [0.717, 1.165) is 33.2 Å². The van der Waals surface area contributed by atoms with Crippen LogP contribution in [-0.4, -0.2) is 17.1 Å². The summed E-state index contributed by atoms with van der Waals surface area (Å²) in [5.74, 6) is -0.0661. The van der Waals surface area contributed by atoms with E-state index < -0.39 is 0 Å². The summed E-state index contributed by atoms with van der Waals surface area (Å²) in [6, 6.07) is 25.2. The van der Waals surface area contributed by atoms with Crippen molar-refractivity contribution in [1.82, 2.24) is 10.4 Å². The van der Waals surface area contributed by atoms with Gasteiger partial charge in [0.2, 0.25) is 0 Å². The van der Waals surface area contributed by atoms with Gasteiger partial charge in [0.05, 0.1) is 20.9 Å². The lowest BCUT2D eigenvalue weighted by atomic mass is 10.1. The smallest absolute Gasteiger partial charge is 0.271 e. The molecule has 0 atom stereocenters. The minimum absolute atomic E-state index is 0.213. The predicted octanol–water partition coefficient (Wildman–Crippen LogP) is 8.87. The standard InChI is InChI=1S/C31H23Br2FN4O2S/c1-19-5-11-25(12-6-19)36-31-37-28(18-41-31)22-7-9-23(10-8-22)30(39)38-35-16-21-14-26(32)29(27(33)15-21)40-17-20-3-2-4-24(34)13-20/h2-16,18H,17H2,1H3,(H,36,37)(H,38,39)/b35-16-. The van der Waals surface area contributed by atoms with E-state index >= 15 is 0 Å². The second-order valence-electron chi connectivity index (χ2n) is 9.04. The Morgan fingerprint density at radius 2 is 1.76 bits per heavy atom. The molecule has 0 fully saturated rings. The third kappa shape index (κ3) is 7.66. The average Bonchev–Trinajstić information content (AvgIpc) is 3.42. The fourth-order valence-electron chi connectivity index (χ4n) is 3.82. The molecule has 1 heterocycles. The Morgan fingerprint density at radius 3 is 2.46 bits per heavy atom. The Hall–Kier alpha value is -3.86. The van der Waals surface area contributed by atoms with Crippen molar-refractivity contribution >= 4 is 66.1 Å². The first kappa shape index (κ1) is 28.7. The molecular weight excluding hydrogens is 671 g/mol. The van der Waals surface area contributed by atoms with Gasteiger partial charge in [0.1, 0.15) is 18.2 Å². The number of nitrogens with zero attached hydrogens (tertiary/aromatic N) is 2. The van der Waals surface area contributed by atoms with Gasteiger partial charge >= 0.3 is 0 Å². The average molecular weight is 694 g/mol. The van der Waals surface area contributed by atoms with Crippen molar-refractivity contribution in [2.24, 2.45) is 5.10 Å². The molecule has 4 aromatic carbocycles. The van der Waals surface area contributed by atoms with E-state index in [4.69, 9.17) is 4.74 Å². The number of aromatic nitrogens is 1. The summed E-state index contributed by atoms with van der Waals surface area (Å²) in [7, 11) is 0. The molecule has 206 valence electrons. The van der Waals surface area contributed by atoms with E-state index in [1.54, 1.807) is 24.3 Å². The maximum absolute atomic E-state index is 13.4. The van der Waals surface area contributed by atoms with Crippen LogP contribution in [0.4, 0.5) is 15.2 Å². The number of benzene rings is 4. The predicted molar refractivity (Wildman–Crippen MR) is 170 cm³/mol. The van der Waals surface area contributed by atoms with Crippen LogP contribution >= 0.6 is 43.2 Å². The number of aryl methyl sites for hydroxylation is 1. The van der Waals surface area contributed by atoms with Gasteiger partial charge in [0, 0.05) is 22.2 Å². The summed E-state index contributed by atoms with van der Waals surface area (Å²) in [6.45, 7) is 2.26. The number of hydrazone groups is 1. The van der Waals surface area contributed by atoms with Gasteiger partial charge in [0.15, 0.2) is 5.13 Å². The van der Waals surface area contributed by atoms with Crippen LogP contribution in [0.15, 0.2) is 104 Å². The second kappa shape index (κ2) is 13.2. The molecule has 10 heteroatoms. The van der Waals surface area contributed by atoms with Crippen molar-refractivity contribution in [3.05, 3.63) is 127 Å². The molecule has 0 unspecified atom stereocenters. The Kier molecular flexibility index (Phi) is 9.23. The molecule has 41 heavy (non-hydrogen) atoms. The molecule has 0 aliphatic heterocycles. The minimum Gasteiger partial charge on any atom is -0.487 e. The summed E-state index contributed by atoms with van der Waals surface area (Å²) >= 11 is 8.53. The van der Waals surface area contributed by atoms with Gasteiger partial charge in [-0.1, -0.05) is 42.0 Å². The number of ether oxygens (including phenoxy) is 1. The highest BCUT2D eigenvalue weighted by Crippen LogP contribution is 2.35. The summed E-state index contributed by atoms with van der Waals surface area (Å²) in [6.07, 6.45) is 1.54. The van der Waals surface area contributed by atoms with Crippen molar-refractivity contribution in [3.63, 3.8) is 0 Å². The van der Waals surface area contributed by atoms with Crippen LogP contribution < -0.4 is 15.5 Å². The molecule has 2 N–H and O–H groups in total. The normalized spacial score (nSPS) is 11.0.